The van der Waals surface area contributed by atoms with Gasteiger partial charge < -0.3 is 10.5 Å². The lowest BCUT2D eigenvalue weighted by Crippen LogP contribution is -1.92. The first-order valence-electron chi connectivity index (χ1n) is 7.48. The molecule has 0 fully saturated rings. The number of aromatic nitrogens is 1. The maximum Gasteiger partial charge on any atom is 0.141 e. The number of aryl methyl sites for hydroxylation is 3. The fourth-order valence-electron chi connectivity index (χ4n) is 2.72. The zero-order chi connectivity index (χ0) is 16.6. The lowest BCUT2D eigenvalue weighted by Gasteiger charge is -2.06. The number of hydrogen-bond donors (Lipinski definition) is 1. The summed E-state index contributed by atoms with van der Waals surface area (Å²) in [5, 5.41) is 0.979. The quantitative estimate of drug-likeness (QED) is 0.690. The molecule has 3 rings (SSSR count). The Hall–Kier alpha value is -2.33. The van der Waals surface area contributed by atoms with Crippen molar-refractivity contribution in [3.63, 3.8) is 0 Å². The number of ether oxygens (including phenoxy) is 1. The molecule has 0 saturated heterocycles. The summed E-state index contributed by atoms with van der Waals surface area (Å²) in [4.78, 5) is 6.07. The van der Waals surface area contributed by atoms with Crippen LogP contribution in [0.2, 0.25) is 0 Å². The van der Waals surface area contributed by atoms with Crippen LogP contribution in [0.5, 0.6) is 5.75 Å². The van der Waals surface area contributed by atoms with E-state index in [1.807, 2.05) is 18.2 Å². The summed E-state index contributed by atoms with van der Waals surface area (Å²) in [6, 6.07) is 12.3. The number of nitrogens with two attached hydrogens (primary N) is 1. The molecule has 0 atom stereocenters. The van der Waals surface area contributed by atoms with E-state index in [0.717, 1.165) is 16.3 Å². The molecule has 1 heterocycles. The van der Waals surface area contributed by atoms with Crippen molar-refractivity contribution in [1.29, 1.82) is 0 Å². The molecule has 0 aliphatic heterocycles. The van der Waals surface area contributed by atoms with Gasteiger partial charge in [0.25, 0.3) is 0 Å². The van der Waals surface area contributed by atoms with Gasteiger partial charge >= 0.3 is 0 Å². The minimum Gasteiger partial charge on any atom is -0.495 e. The number of hydrogen-bond acceptors (Lipinski definition) is 4. The molecule has 2 N–H and O–H groups in total. The molecule has 2 aromatic carbocycles. The zero-order valence-corrected chi connectivity index (χ0v) is 14.6. The summed E-state index contributed by atoms with van der Waals surface area (Å²) in [5.41, 5.74) is 12.4. The van der Waals surface area contributed by atoms with Crippen LogP contribution in [0.1, 0.15) is 16.0 Å². The van der Waals surface area contributed by atoms with Crippen molar-refractivity contribution in [1.82, 2.24) is 4.98 Å². The van der Waals surface area contributed by atoms with Gasteiger partial charge in [-0.3, -0.25) is 0 Å². The maximum absolute atomic E-state index is 6.02. The topological polar surface area (TPSA) is 48.1 Å². The van der Waals surface area contributed by atoms with Gasteiger partial charge in [0, 0.05) is 16.0 Å². The van der Waals surface area contributed by atoms with Crippen molar-refractivity contribution in [2.24, 2.45) is 0 Å². The molecule has 3 aromatic rings. The minimum absolute atomic E-state index is 0.630. The van der Waals surface area contributed by atoms with Crippen LogP contribution in [0.3, 0.4) is 0 Å². The number of benzene rings is 2. The molecular weight excluding hydrogens is 304 g/mol. The number of nitrogens with zero attached hydrogens (tertiary/aromatic N) is 1. The Balaban J connectivity index is 2.06. The first kappa shape index (κ1) is 15.6. The van der Waals surface area contributed by atoms with E-state index in [4.69, 9.17) is 15.5 Å². The number of nitrogen functional groups attached to an aromatic ring is 1. The largest absolute Gasteiger partial charge is 0.495 e. The van der Waals surface area contributed by atoms with Crippen LogP contribution in [-0.4, -0.2) is 12.1 Å². The third kappa shape index (κ3) is 2.94. The molecule has 0 radical (unpaired) electrons. The number of rotatable bonds is 3. The summed E-state index contributed by atoms with van der Waals surface area (Å²) in [5.74, 6) is 0.691. The van der Waals surface area contributed by atoms with Crippen LogP contribution in [0.15, 0.2) is 36.4 Å². The van der Waals surface area contributed by atoms with Gasteiger partial charge in [-0.2, -0.15) is 0 Å². The van der Waals surface area contributed by atoms with Gasteiger partial charge in [0.2, 0.25) is 0 Å². The molecule has 0 amide bonds. The molecule has 4 heteroatoms. The van der Waals surface area contributed by atoms with Crippen LogP contribution in [0.4, 0.5) is 5.69 Å². The van der Waals surface area contributed by atoms with E-state index in [2.05, 4.69) is 39.0 Å². The highest BCUT2D eigenvalue weighted by Gasteiger charge is 2.14. The molecular formula is C19H20N2OS. The summed E-state index contributed by atoms with van der Waals surface area (Å²) < 4.78 is 5.22. The van der Waals surface area contributed by atoms with Crippen LogP contribution >= 0.6 is 11.3 Å². The van der Waals surface area contributed by atoms with E-state index in [-0.39, 0.29) is 0 Å². The van der Waals surface area contributed by atoms with Gasteiger partial charge in [-0.05, 0) is 44.5 Å². The molecule has 0 saturated carbocycles. The average Bonchev–Trinajstić information content (AvgIpc) is 2.89. The second-order valence-electron chi connectivity index (χ2n) is 5.70. The fraction of sp³-hybridized carbons (Fsp3) is 0.211. The van der Waals surface area contributed by atoms with Gasteiger partial charge in [-0.25, -0.2) is 4.98 Å². The molecule has 0 spiro atoms. The molecule has 0 aliphatic rings. The van der Waals surface area contributed by atoms with Gasteiger partial charge in [0.15, 0.2) is 0 Å². The molecule has 0 aliphatic carbocycles. The van der Waals surface area contributed by atoms with Crippen molar-refractivity contribution in [2.75, 3.05) is 12.8 Å². The van der Waals surface area contributed by atoms with E-state index < -0.39 is 0 Å². The van der Waals surface area contributed by atoms with Crippen LogP contribution < -0.4 is 10.5 Å². The van der Waals surface area contributed by atoms with E-state index in [1.54, 1.807) is 18.4 Å². The number of anilines is 1. The normalized spacial score (nSPS) is 10.8. The summed E-state index contributed by atoms with van der Waals surface area (Å²) in [6.07, 6.45) is 0. The predicted molar refractivity (Wildman–Crippen MR) is 98.2 cm³/mol. The van der Waals surface area contributed by atoms with Gasteiger partial charge in [0.05, 0.1) is 18.5 Å². The first-order valence-corrected chi connectivity index (χ1v) is 8.30. The zero-order valence-electron chi connectivity index (χ0n) is 13.8. The smallest absolute Gasteiger partial charge is 0.141 e. The van der Waals surface area contributed by atoms with E-state index in [9.17, 15) is 0 Å². The summed E-state index contributed by atoms with van der Waals surface area (Å²) in [6.45, 7) is 6.35. The van der Waals surface area contributed by atoms with Crippen molar-refractivity contribution in [3.8, 4) is 27.6 Å². The van der Waals surface area contributed by atoms with Crippen LogP contribution in [0.25, 0.3) is 21.8 Å². The lowest BCUT2D eigenvalue weighted by atomic mass is 10.0. The summed E-state index contributed by atoms with van der Waals surface area (Å²) in [7, 11) is 1.62. The third-order valence-corrected chi connectivity index (χ3v) is 4.93. The molecule has 23 heavy (non-hydrogen) atoms. The van der Waals surface area contributed by atoms with Crippen molar-refractivity contribution in [3.05, 3.63) is 52.4 Å². The molecule has 118 valence electrons. The van der Waals surface area contributed by atoms with Crippen molar-refractivity contribution < 1.29 is 4.74 Å². The predicted octanol–water partition coefficient (Wildman–Crippen LogP) is 4.99. The second-order valence-corrected chi connectivity index (χ2v) is 6.90. The van der Waals surface area contributed by atoms with Crippen molar-refractivity contribution >= 4 is 17.0 Å². The minimum atomic E-state index is 0.630. The Morgan fingerprint density at radius 1 is 1.04 bits per heavy atom. The highest BCUT2D eigenvalue weighted by Crippen LogP contribution is 2.36. The SMILES string of the molecule is COc1ccc(-c2nc(-c3ccc(C)cc3C)c(C)s2)cc1N. The lowest BCUT2D eigenvalue weighted by molar-refractivity contribution is 0.417. The Kier molecular flexibility index (Phi) is 4.09. The Morgan fingerprint density at radius 3 is 2.48 bits per heavy atom. The number of thiazole rings is 1. The van der Waals surface area contributed by atoms with Gasteiger partial charge in [0.1, 0.15) is 10.8 Å². The summed E-state index contributed by atoms with van der Waals surface area (Å²) >= 11 is 1.69. The molecule has 0 unspecified atom stereocenters. The monoisotopic (exact) mass is 324 g/mol. The van der Waals surface area contributed by atoms with Gasteiger partial charge in [-0.1, -0.05) is 23.8 Å². The average molecular weight is 324 g/mol. The Morgan fingerprint density at radius 2 is 1.83 bits per heavy atom. The molecule has 3 nitrogen and oxygen atoms in total. The van der Waals surface area contributed by atoms with Crippen LogP contribution in [-0.2, 0) is 0 Å². The molecule has 1 aromatic heterocycles. The third-order valence-electron chi connectivity index (χ3n) is 3.91. The Bertz CT molecular complexity index is 868. The van der Waals surface area contributed by atoms with Crippen molar-refractivity contribution in [2.45, 2.75) is 20.8 Å². The first-order chi connectivity index (χ1) is 11.0. The maximum atomic E-state index is 6.02. The highest BCUT2D eigenvalue weighted by atomic mass is 32.1. The standard InChI is InChI=1S/C19H20N2OS/c1-11-5-7-15(12(2)9-11)18-13(3)23-19(21-18)14-6-8-17(22-4)16(20)10-14/h5-10H,20H2,1-4H3. The highest BCUT2D eigenvalue weighted by molar-refractivity contribution is 7.15. The molecule has 0 bridgehead atoms. The van der Waals surface area contributed by atoms with Gasteiger partial charge in [-0.15, -0.1) is 11.3 Å². The number of methoxy groups -OCH3 is 1. The Labute approximate surface area is 140 Å². The second kappa shape index (κ2) is 6.05. The van der Waals surface area contributed by atoms with E-state index in [1.165, 1.54) is 21.6 Å². The van der Waals surface area contributed by atoms with Crippen LogP contribution in [0, 0.1) is 20.8 Å². The van der Waals surface area contributed by atoms with E-state index in [0.29, 0.717) is 11.4 Å². The van der Waals surface area contributed by atoms with E-state index >= 15 is 0 Å². The fourth-order valence-corrected chi connectivity index (χ4v) is 3.64.